The van der Waals surface area contributed by atoms with Crippen molar-refractivity contribution in [2.24, 2.45) is 0 Å². The van der Waals surface area contributed by atoms with E-state index in [1.807, 2.05) is 6.07 Å². The number of aromatic nitrogens is 4. The van der Waals surface area contributed by atoms with E-state index in [9.17, 15) is 8.78 Å². The van der Waals surface area contributed by atoms with Gasteiger partial charge in [0.15, 0.2) is 16.6 Å². The number of fused-ring (bicyclic) bond motifs is 1. The van der Waals surface area contributed by atoms with Crippen LogP contribution in [0.2, 0.25) is 5.15 Å². The monoisotopic (exact) mass is 320 g/mol. The smallest absolute Gasteiger partial charge is 0.185 e. The van der Waals surface area contributed by atoms with Gasteiger partial charge in [-0.05, 0) is 42.5 Å². The Balaban J connectivity index is 1.87. The van der Waals surface area contributed by atoms with Gasteiger partial charge in [-0.3, -0.25) is 0 Å². The van der Waals surface area contributed by atoms with Gasteiger partial charge in [0.1, 0.15) is 11.6 Å². The Hall–Kier alpha value is -2.08. The zero-order valence-electron chi connectivity index (χ0n) is 11.4. The van der Waals surface area contributed by atoms with Gasteiger partial charge in [-0.25, -0.2) is 8.78 Å². The highest BCUT2D eigenvalue weighted by Crippen LogP contribution is 2.39. The molecular weight excluding hydrogens is 310 g/mol. The summed E-state index contributed by atoms with van der Waals surface area (Å²) in [4.78, 5) is 0. The van der Waals surface area contributed by atoms with Gasteiger partial charge in [0.05, 0.1) is 0 Å². The summed E-state index contributed by atoms with van der Waals surface area (Å²) in [6.45, 7) is 0. The van der Waals surface area contributed by atoms with Crippen molar-refractivity contribution >= 4 is 17.2 Å². The summed E-state index contributed by atoms with van der Waals surface area (Å²) in [5.41, 5.74) is 1.75. The van der Waals surface area contributed by atoms with Crippen LogP contribution in [-0.2, 0) is 0 Å². The Bertz CT molecular complexity index is 853. The van der Waals surface area contributed by atoms with Gasteiger partial charge < -0.3 is 0 Å². The molecule has 4 nitrogen and oxygen atoms in total. The Morgan fingerprint density at radius 1 is 1.05 bits per heavy atom. The summed E-state index contributed by atoms with van der Waals surface area (Å²) >= 11 is 6.25. The quantitative estimate of drug-likeness (QED) is 0.717. The van der Waals surface area contributed by atoms with Crippen molar-refractivity contribution in [3.8, 4) is 11.4 Å². The molecule has 3 aromatic rings. The van der Waals surface area contributed by atoms with Gasteiger partial charge in [-0.2, -0.15) is 9.61 Å². The second-order valence-corrected chi connectivity index (χ2v) is 5.83. The molecule has 0 aliphatic heterocycles. The fraction of sp³-hybridized carbons (Fsp3) is 0.267. The van der Waals surface area contributed by atoms with Gasteiger partial charge in [0.2, 0.25) is 0 Å². The predicted molar refractivity (Wildman–Crippen MR) is 77.7 cm³/mol. The minimum Gasteiger partial charge on any atom is -0.207 e. The molecule has 0 atom stereocenters. The molecule has 0 radical (unpaired) electrons. The highest BCUT2D eigenvalue weighted by Gasteiger charge is 2.24. The normalized spacial score (nSPS) is 15.2. The van der Waals surface area contributed by atoms with Crippen LogP contribution in [0.15, 0.2) is 24.3 Å². The molecule has 0 spiro atoms. The van der Waals surface area contributed by atoms with Crippen LogP contribution in [-0.4, -0.2) is 19.8 Å². The number of benzene rings is 1. The van der Waals surface area contributed by atoms with E-state index in [1.54, 1.807) is 0 Å². The van der Waals surface area contributed by atoms with E-state index < -0.39 is 11.6 Å². The van der Waals surface area contributed by atoms with Crippen molar-refractivity contribution in [3.05, 3.63) is 46.6 Å². The molecular formula is C15H11ClF2N4. The Kier molecular flexibility index (Phi) is 3.07. The zero-order valence-corrected chi connectivity index (χ0v) is 12.2. The van der Waals surface area contributed by atoms with Crippen LogP contribution < -0.4 is 0 Å². The fourth-order valence-electron chi connectivity index (χ4n) is 2.69. The Labute approximate surface area is 129 Å². The molecule has 0 N–H and O–H groups in total. The van der Waals surface area contributed by atoms with Gasteiger partial charge in [-0.1, -0.05) is 18.0 Å². The third-order valence-electron chi connectivity index (χ3n) is 4.04. The van der Waals surface area contributed by atoms with E-state index in [1.165, 1.54) is 23.1 Å². The summed E-state index contributed by atoms with van der Waals surface area (Å²) in [6.07, 6.45) is 3.37. The first kappa shape index (κ1) is 13.6. The molecule has 22 heavy (non-hydrogen) atoms. The Morgan fingerprint density at radius 2 is 1.77 bits per heavy atom. The molecule has 4 rings (SSSR count). The molecule has 112 valence electrons. The number of halogens is 3. The second-order valence-electron chi connectivity index (χ2n) is 5.47. The lowest BCUT2D eigenvalue weighted by Gasteiger charge is -2.25. The van der Waals surface area contributed by atoms with Crippen LogP contribution in [0.3, 0.4) is 0 Å². The molecule has 0 amide bonds. The van der Waals surface area contributed by atoms with Crippen LogP contribution in [0.1, 0.15) is 30.7 Å². The maximum Gasteiger partial charge on any atom is 0.185 e. The van der Waals surface area contributed by atoms with E-state index in [0.29, 0.717) is 16.7 Å². The summed E-state index contributed by atoms with van der Waals surface area (Å²) < 4.78 is 28.2. The fourth-order valence-corrected chi connectivity index (χ4v) is 2.98. The second kappa shape index (κ2) is 4.98. The molecule has 2 aromatic heterocycles. The summed E-state index contributed by atoms with van der Waals surface area (Å²) in [5, 5.41) is 12.7. The van der Waals surface area contributed by atoms with E-state index >= 15 is 0 Å². The summed E-state index contributed by atoms with van der Waals surface area (Å²) in [5.74, 6) is -0.680. The van der Waals surface area contributed by atoms with E-state index in [0.717, 1.165) is 24.5 Å². The number of nitrogens with zero attached hydrogens (tertiary/aromatic N) is 4. The molecule has 0 bridgehead atoms. The van der Waals surface area contributed by atoms with Crippen molar-refractivity contribution in [2.75, 3.05) is 0 Å². The van der Waals surface area contributed by atoms with E-state index in [2.05, 4.69) is 15.3 Å². The lowest BCUT2D eigenvalue weighted by Crippen LogP contribution is -2.11. The molecule has 1 aliphatic carbocycles. The maximum absolute atomic E-state index is 13.4. The van der Waals surface area contributed by atoms with Crippen LogP contribution in [0.5, 0.6) is 0 Å². The molecule has 0 unspecified atom stereocenters. The van der Waals surface area contributed by atoms with Gasteiger partial charge in [0, 0.05) is 11.6 Å². The first-order valence-corrected chi connectivity index (χ1v) is 7.38. The highest BCUT2D eigenvalue weighted by molar-refractivity contribution is 6.30. The lowest BCUT2D eigenvalue weighted by molar-refractivity contribution is 0.418. The van der Waals surface area contributed by atoms with Crippen LogP contribution in [0.25, 0.3) is 17.0 Å². The first-order chi connectivity index (χ1) is 10.6. The number of hydrogen-bond acceptors (Lipinski definition) is 3. The van der Waals surface area contributed by atoms with Gasteiger partial charge >= 0.3 is 0 Å². The van der Waals surface area contributed by atoms with Gasteiger partial charge in [-0.15, -0.1) is 10.2 Å². The SMILES string of the molecule is Fc1cc(F)cc(-c2nnc3cc(C4CCC4)c(Cl)nn23)c1. The van der Waals surface area contributed by atoms with Crippen molar-refractivity contribution in [3.63, 3.8) is 0 Å². The van der Waals surface area contributed by atoms with Crippen LogP contribution >= 0.6 is 11.6 Å². The van der Waals surface area contributed by atoms with Crippen LogP contribution in [0, 0.1) is 11.6 Å². The predicted octanol–water partition coefficient (Wildman–Crippen LogP) is 3.99. The Morgan fingerprint density at radius 3 is 2.41 bits per heavy atom. The van der Waals surface area contributed by atoms with Crippen molar-refractivity contribution < 1.29 is 8.78 Å². The average molecular weight is 321 g/mol. The average Bonchev–Trinajstić information content (AvgIpc) is 2.78. The number of hydrogen-bond donors (Lipinski definition) is 0. The molecule has 7 heteroatoms. The molecule has 2 heterocycles. The zero-order chi connectivity index (χ0) is 15.3. The minimum absolute atomic E-state index is 0.260. The maximum atomic E-state index is 13.4. The molecule has 0 saturated heterocycles. The largest absolute Gasteiger partial charge is 0.207 e. The molecule has 1 aromatic carbocycles. The van der Waals surface area contributed by atoms with Crippen molar-refractivity contribution in [1.82, 2.24) is 19.8 Å². The van der Waals surface area contributed by atoms with Crippen molar-refractivity contribution in [1.29, 1.82) is 0 Å². The van der Waals surface area contributed by atoms with Crippen LogP contribution in [0.4, 0.5) is 8.78 Å². The topological polar surface area (TPSA) is 43.1 Å². The standard InChI is InChI=1S/C15H11ClF2N4/c16-14-12(8-2-1-3-8)7-13-19-20-15(22(13)21-14)9-4-10(17)6-11(18)5-9/h4-8H,1-3H2. The molecule has 1 aliphatic rings. The lowest BCUT2D eigenvalue weighted by atomic mass is 9.81. The first-order valence-electron chi connectivity index (χ1n) is 7.00. The number of rotatable bonds is 2. The highest BCUT2D eigenvalue weighted by atomic mass is 35.5. The third kappa shape index (κ3) is 2.14. The van der Waals surface area contributed by atoms with E-state index in [4.69, 9.17) is 11.6 Å². The summed E-state index contributed by atoms with van der Waals surface area (Å²) in [7, 11) is 0. The van der Waals surface area contributed by atoms with E-state index in [-0.39, 0.29) is 11.4 Å². The molecule has 1 saturated carbocycles. The van der Waals surface area contributed by atoms with Crippen molar-refractivity contribution in [2.45, 2.75) is 25.2 Å². The minimum atomic E-state index is -0.677. The van der Waals surface area contributed by atoms with Gasteiger partial charge in [0.25, 0.3) is 0 Å². The molecule has 1 fully saturated rings. The summed E-state index contributed by atoms with van der Waals surface area (Å²) in [6, 6.07) is 5.04. The third-order valence-corrected chi connectivity index (χ3v) is 4.33.